The van der Waals surface area contributed by atoms with Crippen molar-refractivity contribution in [2.75, 3.05) is 7.11 Å². The van der Waals surface area contributed by atoms with Crippen molar-refractivity contribution in [3.63, 3.8) is 0 Å². The fourth-order valence-electron chi connectivity index (χ4n) is 1.81. The number of halogens is 3. The molecule has 0 unspecified atom stereocenters. The Kier molecular flexibility index (Phi) is 4.83. The number of benzene rings is 2. The van der Waals surface area contributed by atoms with Crippen molar-refractivity contribution in [3.05, 3.63) is 59.7 Å². The molecule has 0 aromatic heterocycles. The lowest BCUT2D eigenvalue weighted by atomic mass is 10.2. The van der Waals surface area contributed by atoms with E-state index in [9.17, 15) is 26.4 Å². The third-order valence-corrected chi connectivity index (χ3v) is 4.17. The molecule has 0 atom stereocenters. The van der Waals surface area contributed by atoms with Crippen molar-refractivity contribution < 1.29 is 35.3 Å². The van der Waals surface area contributed by atoms with E-state index in [4.69, 9.17) is 4.18 Å². The van der Waals surface area contributed by atoms with E-state index >= 15 is 0 Å². The molecular formula is C15H11F3O5S. The molecule has 0 heterocycles. The molecule has 0 amide bonds. The zero-order valence-corrected chi connectivity index (χ0v) is 13.0. The Bertz CT molecular complexity index is 859. The normalized spacial score (nSPS) is 11.8. The number of rotatable bonds is 4. The largest absolute Gasteiger partial charge is 0.465 e. The fourth-order valence-corrected chi connectivity index (χ4v) is 2.81. The van der Waals surface area contributed by atoms with Crippen LogP contribution in [-0.2, 0) is 21.0 Å². The predicted molar refractivity (Wildman–Crippen MR) is 77.0 cm³/mol. The van der Waals surface area contributed by atoms with Gasteiger partial charge in [0.25, 0.3) is 0 Å². The molecule has 0 radical (unpaired) electrons. The quantitative estimate of drug-likeness (QED) is 0.618. The summed E-state index contributed by atoms with van der Waals surface area (Å²) in [6.07, 6.45) is -4.70. The lowest BCUT2D eigenvalue weighted by molar-refractivity contribution is -0.137. The van der Waals surface area contributed by atoms with Gasteiger partial charge in [-0.25, -0.2) is 4.79 Å². The van der Waals surface area contributed by atoms with Gasteiger partial charge >= 0.3 is 22.3 Å². The molecular weight excluding hydrogens is 349 g/mol. The molecule has 0 aliphatic rings. The number of carbonyl (C=O) groups is 1. The molecule has 24 heavy (non-hydrogen) atoms. The molecule has 2 aromatic rings. The van der Waals surface area contributed by atoms with Crippen LogP contribution in [0.1, 0.15) is 15.9 Å². The highest BCUT2D eigenvalue weighted by Gasteiger charge is 2.32. The standard InChI is InChI=1S/C15H11F3O5S/c1-22-14(19)12-7-2-3-8-13(12)23-24(20,21)11-6-4-5-10(9-11)15(16,17)18/h2-9H,1H3. The number of hydrogen-bond acceptors (Lipinski definition) is 5. The van der Waals surface area contributed by atoms with Gasteiger partial charge in [-0.3, -0.25) is 0 Å². The molecule has 0 saturated carbocycles. The van der Waals surface area contributed by atoms with Gasteiger partial charge in [0.15, 0.2) is 5.75 Å². The molecule has 128 valence electrons. The number of hydrogen-bond donors (Lipinski definition) is 0. The fraction of sp³-hybridized carbons (Fsp3) is 0.133. The molecule has 0 aliphatic carbocycles. The molecule has 0 N–H and O–H groups in total. The summed E-state index contributed by atoms with van der Waals surface area (Å²) in [5, 5.41) is 0. The van der Waals surface area contributed by atoms with Crippen LogP contribution in [0, 0.1) is 0 Å². The average Bonchev–Trinajstić information content (AvgIpc) is 2.53. The maximum atomic E-state index is 12.7. The van der Waals surface area contributed by atoms with Crippen LogP contribution in [0.25, 0.3) is 0 Å². The summed E-state index contributed by atoms with van der Waals surface area (Å²) >= 11 is 0. The van der Waals surface area contributed by atoms with Crippen LogP contribution in [0.15, 0.2) is 53.4 Å². The Morgan fingerprint density at radius 2 is 1.71 bits per heavy atom. The first kappa shape index (κ1) is 17.8. The Labute approximate surface area is 135 Å². The lowest BCUT2D eigenvalue weighted by Gasteiger charge is -2.12. The van der Waals surface area contributed by atoms with E-state index in [0.717, 1.165) is 25.3 Å². The molecule has 0 fully saturated rings. The Morgan fingerprint density at radius 1 is 1.04 bits per heavy atom. The predicted octanol–water partition coefficient (Wildman–Crippen LogP) is 3.26. The monoisotopic (exact) mass is 360 g/mol. The van der Waals surface area contributed by atoms with Gasteiger partial charge < -0.3 is 8.92 Å². The number of esters is 1. The summed E-state index contributed by atoms with van der Waals surface area (Å²) in [5.74, 6) is -1.19. The molecule has 0 bridgehead atoms. The molecule has 0 saturated heterocycles. The Hall–Kier alpha value is -2.55. The minimum atomic E-state index is -4.70. The first-order chi connectivity index (χ1) is 11.1. The summed E-state index contributed by atoms with van der Waals surface area (Å²) in [5.41, 5.74) is -1.30. The van der Waals surface area contributed by atoms with Gasteiger partial charge in [-0.05, 0) is 30.3 Å². The number of alkyl halides is 3. The van der Waals surface area contributed by atoms with E-state index in [1.165, 1.54) is 24.3 Å². The van der Waals surface area contributed by atoms with E-state index < -0.39 is 32.7 Å². The van der Waals surface area contributed by atoms with Crippen molar-refractivity contribution in [1.29, 1.82) is 0 Å². The van der Waals surface area contributed by atoms with Crippen LogP contribution < -0.4 is 4.18 Å². The van der Waals surface area contributed by atoms with E-state index in [0.29, 0.717) is 6.07 Å². The zero-order valence-electron chi connectivity index (χ0n) is 12.2. The second-order valence-electron chi connectivity index (χ2n) is 4.55. The number of ether oxygens (including phenoxy) is 1. The smallest absolute Gasteiger partial charge is 0.416 e. The molecule has 0 aliphatic heterocycles. The van der Waals surface area contributed by atoms with Crippen LogP contribution in [-0.4, -0.2) is 21.5 Å². The molecule has 2 rings (SSSR count). The van der Waals surface area contributed by atoms with Gasteiger partial charge in [-0.1, -0.05) is 18.2 Å². The van der Waals surface area contributed by atoms with Gasteiger partial charge in [0, 0.05) is 0 Å². The topological polar surface area (TPSA) is 69.7 Å². The second kappa shape index (κ2) is 6.52. The second-order valence-corrected chi connectivity index (χ2v) is 6.10. The summed E-state index contributed by atoms with van der Waals surface area (Å²) in [6.45, 7) is 0. The minimum Gasteiger partial charge on any atom is -0.465 e. The average molecular weight is 360 g/mol. The highest BCUT2D eigenvalue weighted by molar-refractivity contribution is 7.87. The summed E-state index contributed by atoms with van der Waals surface area (Å²) in [4.78, 5) is 10.9. The van der Waals surface area contributed by atoms with Crippen LogP contribution in [0.3, 0.4) is 0 Å². The Morgan fingerprint density at radius 3 is 2.33 bits per heavy atom. The van der Waals surface area contributed by atoms with Gasteiger partial charge in [-0.2, -0.15) is 21.6 Å². The van der Waals surface area contributed by atoms with Gasteiger partial charge in [0.1, 0.15) is 10.5 Å². The molecule has 5 nitrogen and oxygen atoms in total. The number of para-hydroxylation sites is 1. The van der Waals surface area contributed by atoms with Crippen molar-refractivity contribution in [2.45, 2.75) is 11.1 Å². The maximum absolute atomic E-state index is 12.7. The third kappa shape index (κ3) is 3.85. The van der Waals surface area contributed by atoms with E-state index in [-0.39, 0.29) is 11.3 Å². The van der Waals surface area contributed by atoms with E-state index in [2.05, 4.69) is 4.74 Å². The summed E-state index contributed by atoms with van der Waals surface area (Å²) < 4.78 is 71.8. The Balaban J connectivity index is 2.42. The van der Waals surface area contributed by atoms with Crippen LogP contribution >= 0.6 is 0 Å². The van der Waals surface area contributed by atoms with E-state index in [1.54, 1.807) is 0 Å². The third-order valence-electron chi connectivity index (χ3n) is 2.94. The van der Waals surface area contributed by atoms with Crippen molar-refractivity contribution in [1.82, 2.24) is 0 Å². The zero-order chi connectivity index (χ0) is 18.0. The SMILES string of the molecule is COC(=O)c1ccccc1OS(=O)(=O)c1cccc(C(F)(F)F)c1. The highest BCUT2D eigenvalue weighted by Crippen LogP contribution is 2.31. The minimum absolute atomic E-state index is 0.171. The number of methoxy groups -OCH3 is 1. The first-order valence-corrected chi connectivity index (χ1v) is 7.85. The van der Waals surface area contributed by atoms with Gasteiger partial charge in [-0.15, -0.1) is 0 Å². The lowest BCUT2D eigenvalue weighted by Crippen LogP contribution is -2.14. The summed E-state index contributed by atoms with van der Waals surface area (Å²) in [7, 11) is -3.47. The molecule has 2 aromatic carbocycles. The van der Waals surface area contributed by atoms with Crippen LogP contribution in [0.2, 0.25) is 0 Å². The summed E-state index contributed by atoms with van der Waals surface area (Å²) in [6, 6.07) is 8.42. The van der Waals surface area contributed by atoms with E-state index in [1.807, 2.05) is 0 Å². The van der Waals surface area contributed by atoms with Crippen LogP contribution in [0.5, 0.6) is 5.75 Å². The van der Waals surface area contributed by atoms with Gasteiger partial charge in [0.2, 0.25) is 0 Å². The molecule has 9 heteroatoms. The van der Waals surface area contributed by atoms with Crippen molar-refractivity contribution in [3.8, 4) is 5.75 Å². The maximum Gasteiger partial charge on any atom is 0.416 e. The molecule has 0 spiro atoms. The number of carbonyl (C=O) groups excluding carboxylic acids is 1. The van der Waals surface area contributed by atoms with Crippen molar-refractivity contribution in [2.24, 2.45) is 0 Å². The van der Waals surface area contributed by atoms with Crippen LogP contribution in [0.4, 0.5) is 13.2 Å². The van der Waals surface area contributed by atoms with Gasteiger partial charge in [0.05, 0.1) is 12.7 Å². The van der Waals surface area contributed by atoms with Crippen molar-refractivity contribution >= 4 is 16.1 Å². The highest BCUT2D eigenvalue weighted by atomic mass is 32.2. The first-order valence-electron chi connectivity index (χ1n) is 6.44.